The fourth-order valence-electron chi connectivity index (χ4n) is 2.14. The van der Waals surface area contributed by atoms with Crippen LogP contribution in [0.4, 0.5) is 5.82 Å². The fraction of sp³-hybridized carbons (Fsp3) is 0.769. The van der Waals surface area contributed by atoms with Crippen molar-refractivity contribution in [2.45, 2.75) is 64.8 Å². The summed E-state index contributed by atoms with van der Waals surface area (Å²) in [6.45, 7) is 10.9. The Morgan fingerprint density at radius 2 is 1.88 bits per heavy atom. The van der Waals surface area contributed by atoms with Crippen LogP contribution in [0.3, 0.4) is 0 Å². The molecule has 0 aliphatic heterocycles. The summed E-state index contributed by atoms with van der Waals surface area (Å²) in [6.07, 6.45) is 2.51. The SMILES string of the molecule is CC(C)c1nc(C(C)(C)C)c(N)n1C1CC1. The normalized spacial score (nSPS) is 17.1. The lowest BCUT2D eigenvalue weighted by Gasteiger charge is -2.16. The van der Waals surface area contributed by atoms with Gasteiger partial charge in [-0.15, -0.1) is 0 Å². The molecule has 1 aliphatic rings. The van der Waals surface area contributed by atoms with Gasteiger partial charge in [0.25, 0.3) is 0 Å². The molecule has 0 atom stereocenters. The molecule has 1 heterocycles. The van der Waals surface area contributed by atoms with Gasteiger partial charge in [0, 0.05) is 17.4 Å². The van der Waals surface area contributed by atoms with Gasteiger partial charge in [-0.1, -0.05) is 34.6 Å². The van der Waals surface area contributed by atoms with E-state index >= 15 is 0 Å². The minimum absolute atomic E-state index is 0.0356. The van der Waals surface area contributed by atoms with Crippen LogP contribution in [0.5, 0.6) is 0 Å². The summed E-state index contributed by atoms with van der Waals surface area (Å²) in [7, 11) is 0. The number of nitrogen functional groups attached to an aromatic ring is 1. The summed E-state index contributed by atoms with van der Waals surface area (Å²) in [5.41, 5.74) is 7.36. The number of nitrogens with zero attached hydrogens (tertiary/aromatic N) is 2. The molecule has 2 N–H and O–H groups in total. The third kappa shape index (κ3) is 1.83. The topological polar surface area (TPSA) is 43.8 Å². The Bertz CT molecular complexity index is 392. The summed E-state index contributed by atoms with van der Waals surface area (Å²) < 4.78 is 2.27. The van der Waals surface area contributed by atoms with Crippen molar-refractivity contribution < 1.29 is 0 Å². The molecule has 1 aromatic heterocycles. The number of aromatic nitrogens is 2. The molecule has 1 aromatic rings. The van der Waals surface area contributed by atoms with Crippen molar-refractivity contribution in [1.82, 2.24) is 9.55 Å². The molecular weight excluding hydrogens is 198 g/mol. The Hall–Kier alpha value is -0.990. The van der Waals surface area contributed by atoms with E-state index in [1.807, 2.05) is 0 Å². The largest absolute Gasteiger partial charge is 0.384 e. The Balaban J connectivity index is 2.53. The summed E-state index contributed by atoms with van der Waals surface area (Å²) in [4.78, 5) is 4.78. The number of anilines is 1. The molecule has 1 saturated carbocycles. The Morgan fingerprint density at radius 3 is 2.25 bits per heavy atom. The highest BCUT2D eigenvalue weighted by Crippen LogP contribution is 2.42. The summed E-state index contributed by atoms with van der Waals surface area (Å²) in [6, 6.07) is 0.612. The van der Waals surface area contributed by atoms with Crippen LogP contribution in [0.2, 0.25) is 0 Å². The van der Waals surface area contributed by atoms with Crippen LogP contribution in [-0.2, 0) is 5.41 Å². The summed E-state index contributed by atoms with van der Waals surface area (Å²) >= 11 is 0. The second kappa shape index (κ2) is 3.51. The number of rotatable bonds is 2. The number of hydrogen-bond acceptors (Lipinski definition) is 2. The molecule has 90 valence electrons. The predicted octanol–water partition coefficient (Wildman–Crippen LogP) is 3.22. The second-order valence-corrected chi connectivity index (χ2v) is 6.21. The van der Waals surface area contributed by atoms with Crippen molar-refractivity contribution >= 4 is 5.82 Å². The van der Waals surface area contributed by atoms with Crippen LogP contribution in [0.1, 0.15) is 70.9 Å². The third-order valence-electron chi connectivity index (χ3n) is 3.11. The molecule has 16 heavy (non-hydrogen) atoms. The van der Waals surface area contributed by atoms with Gasteiger partial charge in [0.05, 0.1) is 5.69 Å². The maximum atomic E-state index is 6.27. The van der Waals surface area contributed by atoms with E-state index in [0.717, 1.165) is 17.3 Å². The zero-order valence-electron chi connectivity index (χ0n) is 11.0. The maximum absolute atomic E-state index is 6.27. The molecule has 2 rings (SSSR count). The smallest absolute Gasteiger partial charge is 0.127 e. The first-order chi connectivity index (χ1) is 7.32. The molecule has 0 radical (unpaired) electrons. The zero-order chi connectivity index (χ0) is 12.1. The average Bonchev–Trinajstić information content (AvgIpc) is 2.87. The zero-order valence-corrected chi connectivity index (χ0v) is 11.0. The fourth-order valence-corrected chi connectivity index (χ4v) is 2.14. The molecule has 0 amide bonds. The van der Waals surface area contributed by atoms with Crippen LogP contribution >= 0.6 is 0 Å². The van der Waals surface area contributed by atoms with Gasteiger partial charge in [-0.2, -0.15) is 0 Å². The molecule has 0 unspecified atom stereocenters. The van der Waals surface area contributed by atoms with E-state index in [2.05, 4.69) is 39.2 Å². The van der Waals surface area contributed by atoms with Crippen LogP contribution in [0.15, 0.2) is 0 Å². The third-order valence-corrected chi connectivity index (χ3v) is 3.11. The van der Waals surface area contributed by atoms with Gasteiger partial charge < -0.3 is 10.3 Å². The van der Waals surface area contributed by atoms with Crippen molar-refractivity contribution in [3.63, 3.8) is 0 Å². The van der Waals surface area contributed by atoms with Gasteiger partial charge in [0.2, 0.25) is 0 Å². The highest BCUT2D eigenvalue weighted by molar-refractivity contribution is 5.44. The summed E-state index contributed by atoms with van der Waals surface area (Å²) in [5, 5.41) is 0. The van der Waals surface area contributed by atoms with Gasteiger partial charge >= 0.3 is 0 Å². The van der Waals surface area contributed by atoms with E-state index in [1.54, 1.807) is 0 Å². The summed E-state index contributed by atoms with van der Waals surface area (Å²) in [5.74, 6) is 2.49. The first kappa shape index (κ1) is 11.5. The lowest BCUT2D eigenvalue weighted by molar-refractivity contribution is 0.571. The average molecular weight is 221 g/mol. The van der Waals surface area contributed by atoms with Gasteiger partial charge in [-0.3, -0.25) is 0 Å². The Labute approximate surface area is 98.1 Å². The molecule has 0 bridgehead atoms. The lowest BCUT2D eigenvalue weighted by Crippen LogP contribution is -2.15. The van der Waals surface area contributed by atoms with E-state index in [-0.39, 0.29) is 5.41 Å². The van der Waals surface area contributed by atoms with Crippen molar-refractivity contribution in [3.05, 3.63) is 11.5 Å². The van der Waals surface area contributed by atoms with Crippen LogP contribution in [0.25, 0.3) is 0 Å². The molecule has 0 aromatic carbocycles. The molecule has 0 spiro atoms. The maximum Gasteiger partial charge on any atom is 0.127 e. The molecule has 0 saturated heterocycles. The van der Waals surface area contributed by atoms with Crippen LogP contribution in [0, 0.1) is 0 Å². The van der Waals surface area contributed by atoms with E-state index in [9.17, 15) is 0 Å². The highest BCUT2D eigenvalue weighted by Gasteiger charge is 2.33. The molecule has 1 fully saturated rings. The van der Waals surface area contributed by atoms with Crippen molar-refractivity contribution in [1.29, 1.82) is 0 Å². The quantitative estimate of drug-likeness (QED) is 0.833. The van der Waals surface area contributed by atoms with Crippen molar-refractivity contribution in [3.8, 4) is 0 Å². The number of hydrogen-bond donors (Lipinski definition) is 1. The van der Waals surface area contributed by atoms with E-state index in [1.165, 1.54) is 12.8 Å². The predicted molar refractivity (Wildman–Crippen MR) is 67.7 cm³/mol. The number of nitrogens with two attached hydrogens (primary N) is 1. The molecular formula is C13H23N3. The van der Waals surface area contributed by atoms with E-state index in [0.29, 0.717) is 12.0 Å². The van der Waals surface area contributed by atoms with Gasteiger partial charge in [0.15, 0.2) is 0 Å². The molecule has 1 aliphatic carbocycles. The van der Waals surface area contributed by atoms with Gasteiger partial charge in [-0.05, 0) is 12.8 Å². The first-order valence-corrected chi connectivity index (χ1v) is 6.20. The van der Waals surface area contributed by atoms with Crippen LogP contribution < -0.4 is 5.73 Å². The minimum Gasteiger partial charge on any atom is -0.384 e. The van der Waals surface area contributed by atoms with Crippen molar-refractivity contribution in [2.24, 2.45) is 0 Å². The first-order valence-electron chi connectivity index (χ1n) is 6.20. The van der Waals surface area contributed by atoms with E-state index < -0.39 is 0 Å². The Morgan fingerprint density at radius 1 is 1.31 bits per heavy atom. The highest BCUT2D eigenvalue weighted by atomic mass is 15.2. The Kier molecular flexibility index (Phi) is 2.52. The van der Waals surface area contributed by atoms with Gasteiger partial charge in [0.1, 0.15) is 11.6 Å². The second-order valence-electron chi connectivity index (χ2n) is 6.21. The standard InChI is InChI=1S/C13H23N3/c1-8(2)12-15-10(13(3,4)5)11(14)16(12)9-6-7-9/h8-9H,6-7,14H2,1-5H3. The van der Waals surface area contributed by atoms with E-state index in [4.69, 9.17) is 10.7 Å². The molecule has 3 heteroatoms. The lowest BCUT2D eigenvalue weighted by atomic mass is 9.92. The van der Waals surface area contributed by atoms with Gasteiger partial charge in [-0.25, -0.2) is 4.98 Å². The van der Waals surface area contributed by atoms with Crippen molar-refractivity contribution in [2.75, 3.05) is 5.73 Å². The number of imidazole rings is 1. The minimum atomic E-state index is 0.0356. The van der Waals surface area contributed by atoms with Crippen LogP contribution in [-0.4, -0.2) is 9.55 Å². The molecule has 3 nitrogen and oxygen atoms in total. The monoisotopic (exact) mass is 221 g/mol.